The topological polar surface area (TPSA) is 77.2 Å². The molecule has 1 aromatic carbocycles. The Bertz CT molecular complexity index is 966. The van der Waals surface area contributed by atoms with Crippen LogP contribution in [-0.2, 0) is 11.3 Å². The molecule has 0 spiro atoms. The average Bonchev–Trinajstić information content (AvgIpc) is 3.34. The van der Waals surface area contributed by atoms with E-state index in [1.165, 1.54) is 0 Å². The van der Waals surface area contributed by atoms with Crippen molar-refractivity contribution in [2.75, 3.05) is 31.1 Å². The summed E-state index contributed by atoms with van der Waals surface area (Å²) in [5.41, 5.74) is 1.65. The number of aliphatic hydroxyl groups is 1. The first-order chi connectivity index (χ1) is 14.0. The molecule has 0 unspecified atom stereocenters. The number of amides is 2. The fourth-order valence-corrected chi connectivity index (χ4v) is 3.91. The summed E-state index contributed by atoms with van der Waals surface area (Å²) in [6, 6.07) is 9.56. The molecule has 2 aromatic rings. The zero-order chi connectivity index (χ0) is 20.0. The van der Waals surface area contributed by atoms with Crippen LogP contribution in [0.2, 0.25) is 0 Å². The maximum Gasteiger partial charge on any atom is 0.254 e. The van der Waals surface area contributed by atoms with Gasteiger partial charge in [-0.1, -0.05) is 0 Å². The second-order valence-electron chi connectivity index (χ2n) is 7.92. The van der Waals surface area contributed by atoms with Crippen molar-refractivity contribution in [3.8, 4) is 0 Å². The molecular formula is C22H23N3O4. The summed E-state index contributed by atoms with van der Waals surface area (Å²) in [5.74, 6) is 0.670. The highest BCUT2D eigenvalue weighted by Crippen LogP contribution is 2.37. The van der Waals surface area contributed by atoms with E-state index in [4.69, 9.17) is 4.42 Å². The number of furan rings is 1. The molecule has 7 heteroatoms. The molecule has 0 bridgehead atoms. The molecule has 150 valence electrons. The number of anilines is 1. The van der Waals surface area contributed by atoms with E-state index in [1.807, 2.05) is 42.6 Å². The Balaban J connectivity index is 1.21. The van der Waals surface area contributed by atoms with Gasteiger partial charge in [-0.05, 0) is 49.2 Å². The maximum atomic E-state index is 12.8. The van der Waals surface area contributed by atoms with Crippen LogP contribution >= 0.6 is 0 Å². The minimum Gasteiger partial charge on any atom is -0.465 e. The summed E-state index contributed by atoms with van der Waals surface area (Å²) in [4.78, 5) is 30.6. The van der Waals surface area contributed by atoms with Crippen LogP contribution < -0.4 is 4.90 Å². The molecule has 7 nitrogen and oxygen atoms in total. The number of hydrogen-bond donors (Lipinski definition) is 1. The third-order valence-electron chi connectivity index (χ3n) is 5.95. The third-order valence-corrected chi connectivity index (χ3v) is 5.95. The molecule has 2 aliphatic heterocycles. The number of hydrogen-bond acceptors (Lipinski definition) is 5. The van der Waals surface area contributed by atoms with Crippen LogP contribution in [0.25, 0.3) is 6.08 Å². The van der Waals surface area contributed by atoms with Crippen molar-refractivity contribution < 1.29 is 19.1 Å². The summed E-state index contributed by atoms with van der Waals surface area (Å²) in [6.07, 6.45) is 6.71. The molecule has 1 aromatic heterocycles. The van der Waals surface area contributed by atoms with Crippen LogP contribution in [0.3, 0.4) is 0 Å². The highest BCUT2D eigenvalue weighted by molar-refractivity contribution is 5.95. The second-order valence-corrected chi connectivity index (χ2v) is 7.92. The molecule has 2 amide bonds. The van der Waals surface area contributed by atoms with Crippen molar-refractivity contribution in [1.82, 2.24) is 9.80 Å². The van der Waals surface area contributed by atoms with Gasteiger partial charge in [-0.3, -0.25) is 9.59 Å². The van der Waals surface area contributed by atoms with Gasteiger partial charge in [-0.15, -0.1) is 0 Å². The van der Waals surface area contributed by atoms with Crippen LogP contribution in [0, 0.1) is 0 Å². The van der Waals surface area contributed by atoms with Gasteiger partial charge < -0.3 is 24.2 Å². The number of fused-ring (bicyclic) bond motifs is 1. The lowest BCUT2D eigenvalue weighted by Gasteiger charge is -2.35. The van der Waals surface area contributed by atoms with Gasteiger partial charge in [0.2, 0.25) is 0 Å². The zero-order valence-corrected chi connectivity index (χ0v) is 16.1. The van der Waals surface area contributed by atoms with Crippen LogP contribution in [0.1, 0.15) is 34.5 Å². The average molecular weight is 393 g/mol. The number of benzene rings is 1. The van der Waals surface area contributed by atoms with Gasteiger partial charge in [0, 0.05) is 49.2 Å². The minimum absolute atomic E-state index is 0.0277. The zero-order valence-electron chi connectivity index (χ0n) is 16.1. The summed E-state index contributed by atoms with van der Waals surface area (Å²) in [7, 11) is 0. The fourth-order valence-electron chi connectivity index (χ4n) is 3.91. The Morgan fingerprint density at radius 2 is 1.66 bits per heavy atom. The highest BCUT2D eigenvalue weighted by Gasteiger charge is 2.50. The molecule has 3 aliphatic rings. The largest absolute Gasteiger partial charge is 0.465 e. The first-order valence-corrected chi connectivity index (χ1v) is 9.96. The van der Waals surface area contributed by atoms with Crippen molar-refractivity contribution in [1.29, 1.82) is 0 Å². The third kappa shape index (κ3) is 3.31. The standard InChI is InChI=1S/C22H23N3O4/c26-20(23-10-12-24(13-11-23)21(27)22(28)7-8-22)16-1-3-18(4-2-16)25-9-5-19-17(15-25)6-14-29-19/h1-6,9,14,28H,7-8,10-13,15H2. The molecule has 1 saturated heterocycles. The number of piperazine rings is 1. The summed E-state index contributed by atoms with van der Waals surface area (Å²) >= 11 is 0. The van der Waals surface area contributed by atoms with Crippen LogP contribution in [0.15, 0.2) is 47.2 Å². The molecule has 0 atom stereocenters. The smallest absolute Gasteiger partial charge is 0.254 e. The first kappa shape index (κ1) is 18.0. The van der Waals surface area contributed by atoms with Crippen LogP contribution in [-0.4, -0.2) is 58.5 Å². The Morgan fingerprint density at radius 1 is 0.966 bits per heavy atom. The molecule has 1 aliphatic carbocycles. The van der Waals surface area contributed by atoms with Gasteiger partial charge >= 0.3 is 0 Å². The van der Waals surface area contributed by atoms with E-state index in [1.54, 1.807) is 16.1 Å². The Kier molecular flexibility index (Phi) is 4.20. The number of rotatable bonds is 3. The van der Waals surface area contributed by atoms with Gasteiger partial charge in [0.15, 0.2) is 0 Å². The van der Waals surface area contributed by atoms with Gasteiger partial charge in [-0.2, -0.15) is 0 Å². The number of carbonyl (C=O) groups is 2. The van der Waals surface area contributed by atoms with Crippen molar-refractivity contribution in [3.05, 3.63) is 59.7 Å². The van der Waals surface area contributed by atoms with E-state index >= 15 is 0 Å². The monoisotopic (exact) mass is 393 g/mol. The summed E-state index contributed by atoms with van der Waals surface area (Å²) < 4.78 is 5.40. The van der Waals surface area contributed by atoms with Crippen molar-refractivity contribution >= 4 is 23.6 Å². The predicted molar refractivity (Wildman–Crippen MR) is 107 cm³/mol. The van der Waals surface area contributed by atoms with Gasteiger partial charge in [0.05, 0.1) is 12.8 Å². The second kappa shape index (κ2) is 6.77. The van der Waals surface area contributed by atoms with Crippen molar-refractivity contribution in [2.45, 2.75) is 25.0 Å². The number of carbonyl (C=O) groups excluding carboxylic acids is 2. The van der Waals surface area contributed by atoms with E-state index in [0.717, 1.165) is 23.6 Å². The first-order valence-electron chi connectivity index (χ1n) is 9.96. The maximum absolute atomic E-state index is 12.8. The Morgan fingerprint density at radius 3 is 2.34 bits per heavy atom. The minimum atomic E-state index is -1.14. The molecule has 3 heterocycles. The van der Waals surface area contributed by atoms with Gasteiger partial charge in [0.1, 0.15) is 11.4 Å². The van der Waals surface area contributed by atoms with E-state index < -0.39 is 5.60 Å². The lowest BCUT2D eigenvalue weighted by atomic mass is 10.1. The van der Waals surface area contributed by atoms with E-state index in [0.29, 0.717) is 44.6 Å². The van der Waals surface area contributed by atoms with Crippen LogP contribution in [0.4, 0.5) is 5.69 Å². The predicted octanol–water partition coefficient (Wildman–Crippen LogP) is 2.08. The van der Waals surface area contributed by atoms with Gasteiger partial charge in [-0.25, -0.2) is 0 Å². The van der Waals surface area contributed by atoms with Crippen molar-refractivity contribution in [3.63, 3.8) is 0 Å². The lowest BCUT2D eigenvalue weighted by molar-refractivity contribution is -0.143. The summed E-state index contributed by atoms with van der Waals surface area (Å²) in [6.45, 7) is 2.65. The molecule has 2 fully saturated rings. The quantitative estimate of drug-likeness (QED) is 0.864. The van der Waals surface area contributed by atoms with Crippen LogP contribution in [0.5, 0.6) is 0 Å². The highest BCUT2D eigenvalue weighted by atomic mass is 16.3. The normalized spacial score (nSPS) is 19.8. The Labute approximate surface area is 168 Å². The van der Waals surface area contributed by atoms with E-state index in [2.05, 4.69) is 4.90 Å². The molecule has 1 saturated carbocycles. The molecule has 0 radical (unpaired) electrons. The number of nitrogens with zero attached hydrogens (tertiary/aromatic N) is 3. The molecular weight excluding hydrogens is 370 g/mol. The lowest BCUT2D eigenvalue weighted by Crippen LogP contribution is -2.53. The van der Waals surface area contributed by atoms with Crippen molar-refractivity contribution in [2.24, 2.45) is 0 Å². The fraction of sp³-hybridized carbons (Fsp3) is 0.364. The van der Waals surface area contributed by atoms with Gasteiger partial charge in [0.25, 0.3) is 11.8 Å². The Hall–Kier alpha value is -3.06. The molecule has 5 rings (SSSR count). The molecule has 29 heavy (non-hydrogen) atoms. The molecule has 1 N–H and O–H groups in total. The summed E-state index contributed by atoms with van der Waals surface area (Å²) in [5, 5.41) is 9.99. The van der Waals surface area contributed by atoms with E-state index in [-0.39, 0.29) is 11.8 Å². The SMILES string of the molecule is O=C(c1ccc(N2C=Cc3occc3C2)cc1)N1CCN(C(=O)C2(O)CC2)CC1. The van der Waals surface area contributed by atoms with E-state index in [9.17, 15) is 14.7 Å².